The van der Waals surface area contributed by atoms with Crippen molar-refractivity contribution < 1.29 is 4.79 Å². The third-order valence-corrected chi connectivity index (χ3v) is 6.46. The number of nitrogens with one attached hydrogen (secondary N) is 1. The van der Waals surface area contributed by atoms with E-state index in [1.165, 1.54) is 36.4 Å². The fourth-order valence-electron chi connectivity index (χ4n) is 4.27. The van der Waals surface area contributed by atoms with Gasteiger partial charge in [-0.2, -0.15) is 5.10 Å². The second-order valence-electron chi connectivity index (χ2n) is 7.94. The average Bonchev–Trinajstić information content (AvgIpc) is 2.61. The summed E-state index contributed by atoms with van der Waals surface area (Å²) in [4.78, 5) is 30.5. The van der Waals surface area contributed by atoms with Gasteiger partial charge in [0.25, 0.3) is 5.56 Å². The Morgan fingerprint density at radius 2 is 2.00 bits per heavy atom. The zero-order valence-corrected chi connectivity index (χ0v) is 15.2. The summed E-state index contributed by atoms with van der Waals surface area (Å²) in [7, 11) is 0. The molecular formula is C20H23N5O2. The van der Waals surface area contributed by atoms with Crippen molar-refractivity contribution in [2.75, 3.05) is 18.4 Å². The third kappa shape index (κ3) is 2.81. The van der Waals surface area contributed by atoms with Crippen LogP contribution in [0.2, 0.25) is 0 Å². The molecule has 140 valence electrons. The number of anilines is 1. The summed E-state index contributed by atoms with van der Waals surface area (Å²) in [6.45, 7) is 1.53. The van der Waals surface area contributed by atoms with E-state index in [0.717, 1.165) is 36.8 Å². The predicted octanol–water partition coefficient (Wildman–Crippen LogP) is 1.89. The lowest BCUT2D eigenvalue weighted by molar-refractivity contribution is -0.135. The Balaban J connectivity index is 1.32. The number of nitrogens with zero attached hydrogens (tertiary/aromatic N) is 4. The van der Waals surface area contributed by atoms with Gasteiger partial charge in [0.2, 0.25) is 5.91 Å². The van der Waals surface area contributed by atoms with Crippen molar-refractivity contribution in [2.45, 2.75) is 44.2 Å². The first-order valence-corrected chi connectivity index (χ1v) is 9.74. The van der Waals surface area contributed by atoms with Crippen molar-refractivity contribution >= 4 is 11.7 Å². The highest BCUT2D eigenvalue weighted by Gasteiger charge is 2.53. The van der Waals surface area contributed by atoms with Crippen LogP contribution in [0.15, 0.2) is 35.3 Å². The first-order valence-electron chi connectivity index (χ1n) is 9.74. The number of hydrogen-bond donors (Lipinski definition) is 1. The van der Waals surface area contributed by atoms with Crippen LogP contribution in [-0.2, 0) is 11.3 Å². The maximum absolute atomic E-state index is 12.1. The maximum Gasteiger partial charge on any atom is 0.267 e. The van der Waals surface area contributed by atoms with Crippen molar-refractivity contribution in [3.8, 4) is 11.3 Å². The van der Waals surface area contributed by atoms with Crippen molar-refractivity contribution in [1.82, 2.24) is 19.7 Å². The minimum Gasteiger partial charge on any atom is -0.364 e. The molecule has 7 nitrogen and oxygen atoms in total. The van der Waals surface area contributed by atoms with Crippen LogP contribution in [0.5, 0.6) is 0 Å². The highest BCUT2D eigenvalue weighted by molar-refractivity contribution is 5.76. The molecule has 2 saturated carbocycles. The van der Waals surface area contributed by atoms with Gasteiger partial charge in [0.1, 0.15) is 12.4 Å². The zero-order chi connectivity index (χ0) is 18.4. The molecule has 2 aromatic heterocycles. The van der Waals surface area contributed by atoms with Crippen molar-refractivity contribution in [3.05, 3.63) is 40.8 Å². The van der Waals surface area contributed by atoms with Gasteiger partial charge in [-0.3, -0.25) is 9.59 Å². The fourth-order valence-corrected chi connectivity index (χ4v) is 4.27. The zero-order valence-electron chi connectivity index (χ0n) is 15.2. The van der Waals surface area contributed by atoms with Gasteiger partial charge in [-0.25, -0.2) is 9.67 Å². The van der Waals surface area contributed by atoms with Crippen LogP contribution in [0, 0.1) is 5.92 Å². The van der Waals surface area contributed by atoms with Gasteiger partial charge in [0.15, 0.2) is 0 Å². The van der Waals surface area contributed by atoms with Gasteiger partial charge in [-0.1, -0.05) is 0 Å². The Labute approximate surface area is 157 Å². The molecule has 0 spiro atoms. The van der Waals surface area contributed by atoms with Crippen molar-refractivity contribution in [1.29, 1.82) is 0 Å². The smallest absolute Gasteiger partial charge is 0.267 e. The summed E-state index contributed by atoms with van der Waals surface area (Å²) in [5, 5.41) is 7.98. The van der Waals surface area contributed by atoms with Crippen LogP contribution in [0.3, 0.4) is 0 Å². The molecule has 0 radical (unpaired) electrons. The summed E-state index contributed by atoms with van der Waals surface area (Å²) in [6.07, 6.45) is 7.93. The molecule has 3 aliphatic rings. The lowest BCUT2D eigenvalue weighted by atomic mass is 9.53. The van der Waals surface area contributed by atoms with Crippen LogP contribution >= 0.6 is 0 Å². The average molecular weight is 365 g/mol. The molecule has 3 fully saturated rings. The highest BCUT2D eigenvalue weighted by atomic mass is 16.2. The van der Waals surface area contributed by atoms with Crippen LogP contribution in [-0.4, -0.2) is 44.2 Å². The normalized spacial score (nSPS) is 25.6. The van der Waals surface area contributed by atoms with Gasteiger partial charge < -0.3 is 10.2 Å². The van der Waals surface area contributed by atoms with Gasteiger partial charge in [0, 0.05) is 36.5 Å². The molecule has 1 amide bonds. The molecule has 7 heteroatoms. The number of likely N-dealkylation sites (tertiary alicyclic amines) is 1. The van der Waals surface area contributed by atoms with E-state index in [4.69, 9.17) is 0 Å². The van der Waals surface area contributed by atoms with Crippen LogP contribution in [0.25, 0.3) is 11.3 Å². The highest BCUT2D eigenvalue weighted by Crippen LogP contribution is 2.55. The number of hydrogen-bond acceptors (Lipinski definition) is 5. The first kappa shape index (κ1) is 16.5. The standard InChI is InChI=1S/C20H23N5O2/c26-18-5-3-16(23-25(18)13-19(27)24-10-1-11-24)14-2-4-17(21-12-14)22-20-8-6-15(20)7-9-20/h2-5,12,15H,1,6-11,13H2,(H,21,22). The third-order valence-electron chi connectivity index (χ3n) is 6.46. The molecule has 0 atom stereocenters. The Morgan fingerprint density at radius 1 is 1.19 bits per heavy atom. The van der Waals surface area contributed by atoms with Crippen LogP contribution in [0.1, 0.15) is 32.1 Å². The molecule has 5 rings (SSSR count). The fraction of sp³-hybridized carbons (Fsp3) is 0.500. The van der Waals surface area contributed by atoms with E-state index >= 15 is 0 Å². The molecule has 3 heterocycles. The minimum absolute atomic E-state index is 0.0103. The monoisotopic (exact) mass is 365 g/mol. The van der Waals surface area contributed by atoms with E-state index in [2.05, 4.69) is 15.4 Å². The topological polar surface area (TPSA) is 80.1 Å². The van der Waals surface area contributed by atoms with Crippen LogP contribution in [0.4, 0.5) is 5.82 Å². The van der Waals surface area contributed by atoms with Gasteiger partial charge >= 0.3 is 0 Å². The number of carbonyl (C=O) groups is 1. The Kier molecular flexibility index (Phi) is 3.77. The minimum atomic E-state index is -0.265. The summed E-state index contributed by atoms with van der Waals surface area (Å²) in [5.41, 5.74) is 1.51. The lowest BCUT2D eigenvalue weighted by Crippen LogP contribution is -2.60. The predicted molar refractivity (Wildman–Crippen MR) is 101 cm³/mol. The van der Waals surface area contributed by atoms with E-state index in [1.54, 1.807) is 17.2 Å². The van der Waals surface area contributed by atoms with Crippen molar-refractivity contribution in [2.24, 2.45) is 5.92 Å². The van der Waals surface area contributed by atoms with Gasteiger partial charge in [-0.05, 0) is 56.2 Å². The molecule has 1 saturated heterocycles. The molecule has 27 heavy (non-hydrogen) atoms. The lowest BCUT2D eigenvalue weighted by Gasteiger charge is -2.59. The van der Waals surface area contributed by atoms with E-state index < -0.39 is 0 Å². The van der Waals surface area contributed by atoms with Gasteiger partial charge in [0.05, 0.1) is 5.69 Å². The number of pyridine rings is 1. The molecule has 1 N–H and O–H groups in total. The number of fused-ring (bicyclic) bond motifs is 1. The van der Waals surface area contributed by atoms with E-state index in [1.807, 2.05) is 12.1 Å². The molecule has 0 bridgehead atoms. The number of amides is 1. The van der Waals surface area contributed by atoms with Crippen LogP contribution < -0.4 is 10.9 Å². The quantitative estimate of drug-likeness (QED) is 0.875. The molecule has 1 aliphatic heterocycles. The summed E-state index contributed by atoms with van der Waals surface area (Å²) in [5.74, 6) is 1.65. The molecule has 2 aliphatic carbocycles. The molecule has 0 aromatic carbocycles. The Hall–Kier alpha value is -2.70. The van der Waals surface area contributed by atoms with E-state index in [0.29, 0.717) is 5.69 Å². The number of rotatable bonds is 5. The maximum atomic E-state index is 12.1. The molecule has 0 unspecified atom stereocenters. The number of carbonyl (C=O) groups excluding carboxylic acids is 1. The number of aromatic nitrogens is 3. The second-order valence-corrected chi connectivity index (χ2v) is 7.94. The van der Waals surface area contributed by atoms with E-state index in [-0.39, 0.29) is 23.6 Å². The summed E-state index contributed by atoms with van der Waals surface area (Å²) >= 11 is 0. The Bertz CT molecular complexity index is 924. The molecule has 2 aromatic rings. The SMILES string of the molecule is O=C(Cn1nc(-c2ccc(NC34CCC3CC4)nc2)ccc1=O)N1CCC1. The summed E-state index contributed by atoms with van der Waals surface area (Å²) < 4.78 is 1.24. The first-order chi connectivity index (χ1) is 13.1. The van der Waals surface area contributed by atoms with Gasteiger partial charge in [-0.15, -0.1) is 0 Å². The largest absolute Gasteiger partial charge is 0.364 e. The summed E-state index contributed by atoms with van der Waals surface area (Å²) in [6, 6.07) is 7.08. The van der Waals surface area contributed by atoms with E-state index in [9.17, 15) is 9.59 Å². The second kappa shape index (κ2) is 6.18. The molecular weight excluding hydrogens is 342 g/mol. The van der Waals surface area contributed by atoms with Crippen molar-refractivity contribution in [3.63, 3.8) is 0 Å². The Morgan fingerprint density at radius 3 is 2.56 bits per heavy atom.